The van der Waals surface area contributed by atoms with Crippen molar-refractivity contribution in [3.05, 3.63) is 34.9 Å². The van der Waals surface area contributed by atoms with E-state index in [9.17, 15) is 31.1 Å². The van der Waals surface area contributed by atoms with Crippen LogP contribution in [0.2, 0.25) is 0 Å². The Kier molecular flexibility index (Phi) is 7.71. The lowest BCUT2D eigenvalue weighted by Crippen LogP contribution is -2.45. The molecule has 1 aromatic carbocycles. The first-order valence-electron chi connectivity index (χ1n) is 12.3. The molecule has 3 aliphatic rings. The Balaban J connectivity index is 1.46. The maximum atomic E-state index is 13.4. The summed E-state index contributed by atoms with van der Waals surface area (Å²) < 4.78 is 84.6. The zero-order chi connectivity index (χ0) is 25.3. The second-order valence-corrected chi connectivity index (χ2v) is 10.4. The maximum Gasteiger partial charge on any atom is 0.416 e. The molecule has 3 fully saturated rings. The third-order valence-electron chi connectivity index (χ3n) is 7.78. The number of carbonyl (C=O) groups excluding carboxylic acids is 1. The first kappa shape index (κ1) is 26.3. The Labute approximate surface area is 201 Å². The third-order valence-corrected chi connectivity index (χ3v) is 7.78. The molecule has 1 aromatic rings. The zero-order valence-corrected chi connectivity index (χ0v) is 19.6. The molecule has 1 aliphatic carbocycles. The molecule has 1 saturated carbocycles. The summed E-state index contributed by atoms with van der Waals surface area (Å²) in [7, 11) is 0. The number of likely N-dealkylation sites (tertiary alicyclic amines) is 1. The predicted octanol–water partition coefficient (Wildman–Crippen LogP) is 5.65. The van der Waals surface area contributed by atoms with Crippen LogP contribution in [0.15, 0.2) is 18.2 Å². The van der Waals surface area contributed by atoms with Crippen LogP contribution < -0.4 is 5.32 Å². The highest BCUT2D eigenvalue weighted by atomic mass is 19.4. The molecular formula is C25H32F6N2O2. The van der Waals surface area contributed by atoms with Crippen molar-refractivity contribution in [2.75, 3.05) is 32.8 Å². The van der Waals surface area contributed by atoms with Crippen LogP contribution in [0, 0.1) is 17.3 Å². The Morgan fingerprint density at radius 3 is 2.14 bits per heavy atom. The highest BCUT2D eigenvalue weighted by molar-refractivity contribution is 5.83. The van der Waals surface area contributed by atoms with Crippen LogP contribution in [0.4, 0.5) is 26.3 Å². The summed E-state index contributed by atoms with van der Waals surface area (Å²) in [6, 6.07) is 1.47. The second kappa shape index (κ2) is 10.3. The van der Waals surface area contributed by atoms with Crippen LogP contribution in [0.5, 0.6) is 0 Å². The highest BCUT2D eigenvalue weighted by Crippen LogP contribution is 2.44. The van der Waals surface area contributed by atoms with Gasteiger partial charge >= 0.3 is 12.4 Å². The molecule has 0 bridgehead atoms. The largest absolute Gasteiger partial charge is 0.416 e. The van der Waals surface area contributed by atoms with Crippen molar-refractivity contribution in [3.8, 4) is 0 Å². The van der Waals surface area contributed by atoms with Crippen LogP contribution >= 0.6 is 0 Å². The average molecular weight is 507 g/mol. The molecule has 4 nitrogen and oxygen atoms in total. The maximum absolute atomic E-state index is 13.4. The van der Waals surface area contributed by atoms with Crippen LogP contribution in [0.25, 0.3) is 0 Å². The van der Waals surface area contributed by atoms with Crippen molar-refractivity contribution >= 4 is 5.91 Å². The minimum atomic E-state index is -4.92. The van der Waals surface area contributed by atoms with E-state index in [0.29, 0.717) is 43.4 Å². The minimum Gasteiger partial charge on any atom is -0.381 e. The van der Waals surface area contributed by atoms with E-state index in [-0.39, 0.29) is 24.1 Å². The number of ether oxygens (including phenoxy) is 1. The number of hydrogen-bond donors (Lipinski definition) is 1. The molecule has 0 spiro atoms. The summed E-state index contributed by atoms with van der Waals surface area (Å²) >= 11 is 0. The SMILES string of the molecule is O=C(NCc1cc(C(F)(F)F)cc(C(F)(F)F)c1)C1(CC2CCC2)CCN(CC2CCOCC2)C1. The Morgan fingerprint density at radius 1 is 0.971 bits per heavy atom. The molecule has 196 valence electrons. The molecule has 2 heterocycles. The molecule has 1 atom stereocenters. The van der Waals surface area contributed by atoms with Gasteiger partial charge < -0.3 is 15.0 Å². The Hall–Kier alpha value is -1.81. The van der Waals surface area contributed by atoms with Crippen molar-refractivity contribution < 1.29 is 35.9 Å². The number of halogens is 6. The summed E-state index contributed by atoms with van der Waals surface area (Å²) in [6.45, 7) is 3.32. The van der Waals surface area contributed by atoms with Crippen LogP contribution in [-0.2, 0) is 28.4 Å². The van der Waals surface area contributed by atoms with Crippen LogP contribution in [0.1, 0.15) is 61.6 Å². The van der Waals surface area contributed by atoms with Gasteiger partial charge in [-0.1, -0.05) is 19.3 Å². The van der Waals surface area contributed by atoms with Gasteiger partial charge in [0.1, 0.15) is 0 Å². The van der Waals surface area contributed by atoms with Crippen molar-refractivity contribution in [2.24, 2.45) is 17.3 Å². The quantitative estimate of drug-likeness (QED) is 0.486. The molecule has 2 aliphatic heterocycles. The standard InChI is InChI=1S/C25H32F6N2O2/c26-24(27,28)20-10-19(11-21(12-20)25(29,30)31)14-32-22(34)23(13-17-2-1-3-17)6-7-33(16-23)15-18-4-8-35-9-5-18/h10-12,17-18H,1-9,13-16H2,(H,32,34). The molecule has 0 aromatic heterocycles. The van der Waals surface area contributed by atoms with Crippen molar-refractivity contribution in [1.29, 1.82) is 0 Å². The van der Waals surface area contributed by atoms with Crippen LogP contribution in [-0.4, -0.2) is 43.7 Å². The van der Waals surface area contributed by atoms with E-state index in [2.05, 4.69) is 10.2 Å². The van der Waals surface area contributed by atoms with E-state index in [4.69, 9.17) is 4.74 Å². The van der Waals surface area contributed by atoms with Gasteiger partial charge in [0.05, 0.1) is 16.5 Å². The van der Waals surface area contributed by atoms with Gasteiger partial charge in [-0.25, -0.2) is 0 Å². The van der Waals surface area contributed by atoms with E-state index in [1.807, 2.05) is 0 Å². The zero-order valence-electron chi connectivity index (χ0n) is 19.6. The molecule has 35 heavy (non-hydrogen) atoms. The summed E-state index contributed by atoms with van der Waals surface area (Å²) in [5.41, 5.74) is -3.62. The fourth-order valence-electron chi connectivity index (χ4n) is 5.59. The fraction of sp³-hybridized carbons (Fsp3) is 0.720. The van der Waals surface area contributed by atoms with Gasteiger partial charge in [0.2, 0.25) is 5.91 Å². The van der Waals surface area contributed by atoms with Gasteiger partial charge in [-0.05, 0) is 67.8 Å². The Morgan fingerprint density at radius 2 is 1.60 bits per heavy atom. The average Bonchev–Trinajstić information content (AvgIpc) is 3.18. The topological polar surface area (TPSA) is 41.6 Å². The van der Waals surface area contributed by atoms with Gasteiger partial charge in [0.15, 0.2) is 0 Å². The highest BCUT2D eigenvalue weighted by Gasteiger charge is 2.47. The van der Waals surface area contributed by atoms with Gasteiger partial charge in [-0.3, -0.25) is 4.79 Å². The second-order valence-electron chi connectivity index (χ2n) is 10.4. The molecule has 1 N–H and O–H groups in total. The number of alkyl halides is 6. The number of hydrogen-bond acceptors (Lipinski definition) is 3. The van der Waals surface area contributed by atoms with E-state index < -0.39 is 28.9 Å². The first-order chi connectivity index (χ1) is 16.4. The van der Waals surface area contributed by atoms with Gasteiger partial charge in [-0.15, -0.1) is 0 Å². The van der Waals surface area contributed by atoms with Crippen molar-refractivity contribution in [3.63, 3.8) is 0 Å². The molecule has 4 rings (SSSR count). The number of nitrogens with zero attached hydrogens (tertiary/aromatic N) is 1. The number of carbonyl (C=O) groups is 1. The fourth-order valence-corrected chi connectivity index (χ4v) is 5.59. The summed E-state index contributed by atoms with van der Waals surface area (Å²) in [5.74, 6) is 0.677. The van der Waals surface area contributed by atoms with Gasteiger partial charge in [0.25, 0.3) is 0 Å². The number of nitrogens with one attached hydrogen (secondary N) is 1. The number of amides is 1. The predicted molar refractivity (Wildman–Crippen MR) is 117 cm³/mol. The number of rotatable bonds is 7. The molecule has 0 radical (unpaired) electrons. The lowest BCUT2D eigenvalue weighted by atomic mass is 9.70. The van der Waals surface area contributed by atoms with Crippen molar-refractivity contribution in [2.45, 2.75) is 63.8 Å². The van der Waals surface area contributed by atoms with E-state index in [1.165, 1.54) is 0 Å². The van der Waals surface area contributed by atoms with Gasteiger partial charge in [-0.2, -0.15) is 26.3 Å². The molecule has 10 heteroatoms. The van der Waals surface area contributed by atoms with E-state index >= 15 is 0 Å². The third kappa shape index (κ3) is 6.50. The van der Waals surface area contributed by atoms with Crippen LogP contribution in [0.3, 0.4) is 0 Å². The van der Waals surface area contributed by atoms with E-state index in [0.717, 1.165) is 58.4 Å². The normalized spacial score (nSPS) is 25.0. The molecule has 1 amide bonds. The molecular weight excluding hydrogens is 474 g/mol. The lowest BCUT2D eigenvalue weighted by molar-refractivity contribution is -0.143. The summed E-state index contributed by atoms with van der Waals surface area (Å²) in [5, 5.41) is 2.70. The first-order valence-corrected chi connectivity index (χ1v) is 12.3. The monoisotopic (exact) mass is 506 g/mol. The molecule has 1 unspecified atom stereocenters. The Bertz CT molecular complexity index is 861. The van der Waals surface area contributed by atoms with E-state index in [1.54, 1.807) is 0 Å². The smallest absolute Gasteiger partial charge is 0.381 e. The van der Waals surface area contributed by atoms with Crippen molar-refractivity contribution in [1.82, 2.24) is 10.2 Å². The minimum absolute atomic E-state index is 0.106. The number of benzene rings is 1. The summed E-state index contributed by atoms with van der Waals surface area (Å²) in [6.07, 6.45) is -3.28. The lowest BCUT2D eigenvalue weighted by Gasteiger charge is -2.36. The summed E-state index contributed by atoms with van der Waals surface area (Å²) in [4.78, 5) is 15.7. The molecule has 2 saturated heterocycles. The van der Waals surface area contributed by atoms with Gasteiger partial charge in [0, 0.05) is 32.8 Å².